The lowest BCUT2D eigenvalue weighted by molar-refractivity contribution is 0.0985. The normalized spacial score (nSPS) is 16.0. The molecule has 198 valence electrons. The number of morpholine rings is 1. The van der Waals surface area contributed by atoms with Gasteiger partial charge < -0.3 is 25.4 Å². The molecule has 0 saturated carbocycles. The van der Waals surface area contributed by atoms with Gasteiger partial charge in [0.15, 0.2) is 15.7 Å². The number of nitrogens with zero attached hydrogens (tertiary/aromatic N) is 5. The van der Waals surface area contributed by atoms with Gasteiger partial charge in [-0.1, -0.05) is 0 Å². The van der Waals surface area contributed by atoms with Gasteiger partial charge in [-0.2, -0.15) is 5.10 Å². The molecule has 2 amide bonds. The zero-order valence-electron chi connectivity index (χ0n) is 20.8. The van der Waals surface area contributed by atoms with Gasteiger partial charge in [0.2, 0.25) is 0 Å². The van der Waals surface area contributed by atoms with Crippen molar-refractivity contribution in [2.24, 2.45) is 7.05 Å². The minimum absolute atomic E-state index is 0.0650. The van der Waals surface area contributed by atoms with Gasteiger partial charge in [0.25, 0.3) is 0 Å². The Morgan fingerprint density at radius 3 is 2.70 bits per heavy atom. The Morgan fingerprint density at radius 2 is 2.03 bits per heavy atom. The van der Waals surface area contributed by atoms with Gasteiger partial charge in [-0.05, 0) is 31.2 Å². The summed E-state index contributed by atoms with van der Waals surface area (Å²) in [7, 11) is -1.72. The monoisotopic (exact) mass is 529 g/mol. The number of aromatic nitrogens is 4. The summed E-state index contributed by atoms with van der Waals surface area (Å²) < 4.78 is 32.0. The van der Waals surface area contributed by atoms with E-state index in [1.807, 2.05) is 20.2 Å². The van der Waals surface area contributed by atoms with Crippen molar-refractivity contribution in [2.45, 2.75) is 25.3 Å². The predicted octanol–water partition coefficient (Wildman–Crippen LogP) is 1.33. The van der Waals surface area contributed by atoms with E-state index >= 15 is 0 Å². The quantitative estimate of drug-likeness (QED) is 0.373. The first-order valence-electron chi connectivity index (χ1n) is 11.9. The van der Waals surface area contributed by atoms with Crippen LogP contribution in [0.4, 0.5) is 16.3 Å². The first kappa shape index (κ1) is 26.5. The molecule has 2 aromatic heterocycles. The van der Waals surface area contributed by atoms with Gasteiger partial charge in [-0.3, -0.25) is 4.68 Å². The fraction of sp³-hybridized carbons (Fsp3) is 0.417. The number of amides is 2. The number of carbonyl (C=O) groups is 1. The molecule has 1 aliphatic heterocycles. The Bertz CT molecular complexity index is 1330. The van der Waals surface area contributed by atoms with Crippen molar-refractivity contribution in [2.75, 3.05) is 42.3 Å². The fourth-order valence-corrected chi connectivity index (χ4v) is 4.98. The second-order valence-electron chi connectivity index (χ2n) is 8.88. The average Bonchev–Trinajstić information content (AvgIpc) is 3.28. The number of ether oxygens (including phenoxy) is 1. The van der Waals surface area contributed by atoms with Crippen LogP contribution in [0.15, 0.2) is 42.7 Å². The maximum absolute atomic E-state index is 12.4. The van der Waals surface area contributed by atoms with Crippen LogP contribution in [-0.4, -0.2) is 77.5 Å². The number of aliphatic hydroxyl groups is 1. The van der Waals surface area contributed by atoms with Crippen LogP contribution in [0, 0.1) is 0 Å². The van der Waals surface area contributed by atoms with Gasteiger partial charge in [-0.15, -0.1) is 0 Å². The van der Waals surface area contributed by atoms with Crippen molar-refractivity contribution in [3.63, 3.8) is 0 Å². The van der Waals surface area contributed by atoms with Crippen molar-refractivity contribution in [3.8, 4) is 11.4 Å². The number of carbonyl (C=O) groups excluding carboxylic acids is 1. The van der Waals surface area contributed by atoms with Gasteiger partial charge in [0, 0.05) is 49.2 Å². The molecule has 13 heteroatoms. The van der Waals surface area contributed by atoms with E-state index in [0.717, 1.165) is 5.56 Å². The number of nitrogens with one attached hydrogen (secondary N) is 2. The smallest absolute Gasteiger partial charge is 0.319 e. The zero-order valence-corrected chi connectivity index (χ0v) is 21.6. The third-order valence-electron chi connectivity index (χ3n) is 5.81. The van der Waals surface area contributed by atoms with Crippen molar-refractivity contribution < 1.29 is 23.1 Å². The number of anilines is 2. The number of urea groups is 1. The Balaban J connectivity index is 1.52. The van der Waals surface area contributed by atoms with E-state index in [1.54, 1.807) is 41.2 Å². The van der Waals surface area contributed by atoms with Crippen LogP contribution in [0.25, 0.3) is 11.4 Å². The van der Waals surface area contributed by atoms with Crippen LogP contribution < -0.4 is 15.5 Å². The zero-order chi connectivity index (χ0) is 26.4. The SMILES string of the molecule is C[C@H]1COCCN1c1cc(CS(=O)(=O)CCO)nc(-c2ccc(NC(=O)NCc3cnn(C)c3)cc2)n1. The molecule has 3 N–H and O–H groups in total. The molecule has 1 atom stereocenters. The van der Waals surface area contributed by atoms with Crippen LogP contribution in [0.3, 0.4) is 0 Å². The molecule has 37 heavy (non-hydrogen) atoms. The van der Waals surface area contributed by atoms with Crippen molar-refractivity contribution >= 4 is 27.4 Å². The number of hydrogen-bond donors (Lipinski definition) is 3. The molecule has 0 spiro atoms. The van der Waals surface area contributed by atoms with Crippen LogP contribution in [0.2, 0.25) is 0 Å². The standard InChI is InChI=1S/C24H31N7O5S/c1-17-15-36-9-7-31(17)22-11-21(16-37(34,35)10-8-32)27-23(29-22)19-3-5-20(6-4-19)28-24(33)25-12-18-13-26-30(2)14-18/h3-6,11,13-14,17,32H,7-10,12,15-16H2,1-2H3,(H2,25,28,33)/t17-/m0/s1. The van der Waals surface area contributed by atoms with Gasteiger partial charge >= 0.3 is 6.03 Å². The number of rotatable bonds is 9. The van der Waals surface area contributed by atoms with Crippen LogP contribution in [-0.2, 0) is 33.9 Å². The number of aliphatic hydroxyl groups excluding tert-OH is 1. The predicted molar refractivity (Wildman–Crippen MR) is 139 cm³/mol. The number of hydrogen-bond acceptors (Lipinski definition) is 9. The molecule has 4 rings (SSSR count). The highest BCUT2D eigenvalue weighted by Crippen LogP contribution is 2.25. The van der Waals surface area contributed by atoms with Gasteiger partial charge in [0.05, 0.1) is 49.3 Å². The third-order valence-corrected chi connectivity index (χ3v) is 7.35. The summed E-state index contributed by atoms with van der Waals surface area (Å²) in [6.07, 6.45) is 3.51. The second kappa shape index (κ2) is 11.7. The molecule has 0 bridgehead atoms. The molecule has 1 saturated heterocycles. The van der Waals surface area contributed by atoms with Crippen LogP contribution >= 0.6 is 0 Å². The van der Waals surface area contributed by atoms with Crippen LogP contribution in [0.1, 0.15) is 18.2 Å². The summed E-state index contributed by atoms with van der Waals surface area (Å²) in [5, 5.41) is 18.7. The maximum atomic E-state index is 12.4. The summed E-state index contributed by atoms with van der Waals surface area (Å²) in [6.45, 7) is 3.63. The summed E-state index contributed by atoms with van der Waals surface area (Å²) in [4.78, 5) is 23.6. The lowest BCUT2D eigenvalue weighted by Crippen LogP contribution is -2.44. The highest BCUT2D eigenvalue weighted by atomic mass is 32.2. The Hall–Kier alpha value is -3.55. The fourth-order valence-electron chi connectivity index (χ4n) is 3.96. The highest BCUT2D eigenvalue weighted by molar-refractivity contribution is 7.90. The summed E-state index contributed by atoms with van der Waals surface area (Å²) in [6, 6.07) is 8.39. The number of benzene rings is 1. The molecule has 1 fully saturated rings. The Kier molecular flexibility index (Phi) is 8.36. The van der Waals surface area contributed by atoms with E-state index in [1.165, 1.54) is 0 Å². The Labute approximate surface area is 215 Å². The first-order valence-corrected chi connectivity index (χ1v) is 13.7. The first-order chi connectivity index (χ1) is 17.7. The van der Waals surface area contributed by atoms with E-state index in [0.29, 0.717) is 54.9 Å². The number of aryl methyl sites for hydroxylation is 1. The largest absolute Gasteiger partial charge is 0.395 e. The van der Waals surface area contributed by atoms with Crippen LogP contribution in [0.5, 0.6) is 0 Å². The lowest BCUT2D eigenvalue weighted by atomic mass is 10.2. The van der Waals surface area contributed by atoms with E-state index in [-0.39, 0.29) is 23.6 Å². The maximum Gasteiger partial charge on any atom is 0.319 e. The van der Waals surface area contributed by atoms with E-state index < -0.39 is 16.4 Å². The summed E-state index contributed by atoms with van der Waals surface area (Å²) >= 11 is 0. The topological polar surface area (TPSA) is 152 Å². The molecule has 0 unspecified atom stereocenters. The van der Waals surface area contributed by atoms with Gasteiger partial charge in [-0.25, -0.2) is 23.2 Å². The second-order valence-corrected chi connectivity index (χ2v) is 11.1. The molecule has 12 nitrogen and oxygen atoms in total. The van der Waals surface area contributed by atoms with E-state index in [2.05, 4.69) is 25.6 Å². The molecule has 0 radical (unpaired) electrons. The Morgan fingerprint density at radius 1 is 1.24 bits per heavy atom. The molecule has 0 aliphatic carbocycles. The van der Waals surface area contributed by atoms with E-state index in [4.69, 9.17) is 14.8 Å². The average molecular weight is 530 g/mol. The summed E-state index contributed by atoms with van der Waals surface area (Å²) in [5.74, 6) is 0.356. The molecule has 3 heterocycles. The minimum atomic E-state index is -3.53. The molecular weight excluding hydrogens is 498 g/mol. The lowest BCUT2D eigenvalue weighted by Gasteiger charge is -2.34. The molecule has 1 aliphatic rings. The third kappa shape index (κ3) is 7.24. The molecular formula is C24H31N7O5S. The highest BCUT2D eigenvalue weighted by Gasteiger charge is 2.23. The van der Waals surface area contributed by atoms with Crippen molar-refractivity contribution in [1.29, 1.82) is 0 Å². The minimum Gasteiger partial charge on any atom is -0.395 e. The van der Waals surface area contributed by atoms with E-state index in [9.17, 15) is 13.2 Å². The van der Waals surface area contributed by atoms with Crippen molar-refractivity contribution in [3.05, 3.63) is 54.0 Å². The van der Waals surface area contributed by atoms with Crippen molar-refractivity contribution in [1.82, 2.24) is 25.1 Å². The molecule has 1 aromatic carbocycles. The van der Waals surface area contributed by atoms with Gasteiger partial charge in [0.1, 0.15) is 5.82 Å². The molecule has 3 aromatic rings. The summed E-state index contributed by atoms with van der Waals surface area (Å²) in [5.41, 5.74) is 2.49. The number of sulfone groups is 1.